The van der Waals surface area contributed by atoms with Crippen molar-refractivity contribution in [3.63, 3.8) is 0 Å². The molecule has 0 heterocycles. The van der Waals surface area contributed by atoms with Crippen LogP contribution in [-0.4, -0.2) is 23.8 Å². The standard InChI is InChI=1S/C9H10F2N4O3/c10-7(11)4-13-9(16)5-2-1-3-6(15(17)18)8(5)14-12/h1-3,7,14H,4,12H2,(H,13,16). The summed E-state index contributed by atoms with van der Waals surface area (Å²) in [7, 11) is 0. The molecule has 98 valence electrons. The molecular weight excluding hydrogens is 250 g/mol. The predicted molar refractivity (Wildman–Crippen MR) is 59.2 cm³/mol. The van der Waals surface area contributed by atoms with Gasteiger partial charge in [-0.1, -0.05) is 6.07 Å². The van der Waals surface area contributed by atoms with E-state index in [4.69, 9.17) is 5.84 Å². The van der Waals surface area contributed by atoms with E-state index in [1.54, 1.807) is 0 Å². The molecule has 0 fully saturated rings. The molecule has 0 spiro atoms. The number of para-hydroxylation sites is 1. The Morgan fingerprint density at radius 2 is 2.17 bits per heavy atom. The zero-order chi connectivity index (χ0) is 13.7. The number of hydrogen-bond donors (Lipinski definition) is 3. The van der Waals surface area contributed by atoms with E-state index in [0.29, 0.717) is 0 Å². The van der Waals surface area contributed by atoms with Crippen molar-refractivity contribution < 1.29 is 18.5 Å². The zero-order valence-electron chi connectivity index (χ0n) is 9.02. The van der Waals surface area contributed by atoms with Crippen LogP contribution in [0.1, 0.15) is 10.4 Å². The Labute approximate surface area is 100 Å². The molecular formula is C9H10F2N4O3. The van der Waals surface area contributed by atoms with Gasteiger partial charge in [-0.3, -0.25) is 20.8 Å². The minimum atomic E-state index is -2.71. The zero-order valence-corrected chi connectivity index (χ0v) is 9.02. The normalized spacial score (nSPS) is 10.2. The Hall–Kier alpha value is -2.29. The van der Waals surface area contributed by atoms with E-state index >= 15 is 0 Å². The van der Waals surface area contributed by atoms with Crippen LogP contribution in [0.25, 0.3) is 0 Å². The predicted octanol–water partition coefficient (Wildman–Crippen LogP) is 0.875. The van der Waals surface area contributed by atoms with Crippen LogP contribution in [0.5, 0.6) is 0 Å². The monoisotopic (exact) mass is 260 g/mol. The second-order valence-electron chi connectivity index (χ2n) is 3.20. The second kappa shape index (κ2) is 5.87. The number of hydrazine groups is 1. The van der Waals surface area contributed by atoms with Crippen LogP contribution < -0.4 is 16.6 Å². The number of nitrogens with one attached hydrogen (secondary N) is 2. The molecule has 1 amide bonds. The lowest BCUT2D eigenvalue weighted by Crippen LogP contribution is -2.29. The van der Waals surface area contributed by atoms with E-state index in [2.05, 4.69) is 0 Å². The molecule has 0 saturated carbocycles. The van der Waals surface area contributed by atoms with Gasteiger partial charge in [0.25, 0.3) is 18.0 Å². The van der Waals surface area contributed by atoms with Gasteiger partial charge in [-0.2, -0.15) is 0 Å². The molecule has 7 nitrogen and oxygen atoms in total. The lowest BCUT2D eigenvalue weighted by Gasteiger charge is -2.09. The maximum Gasteiger partial charge on any atom is 0.294 e. The highest BCUT2D eigenvalue weighted by atomic mass is 19.3. The topological polar surface area (TPSA) is 110 Å². The summed E-state index contributed by atoms with van der Waals surface area (Å²) in [6.07, 6.45) is -2.71. The summed E-state index contributed by atoms with van der Waals surface area (Å²) in [5.74, 6) is 4.23. The number of nitrogens with two attached hydrogens (primary N) is 1. The van der Waals surface area contributed by atoms with Gasteiger partial charge in [-0.25, -0.2) is 8.78 Å². The molecule has 0 atom stereocenters. The molecule has 1 aromatic rings. The van der Waals surface area contributed by atoms with Gasteiger partial charge in [0, 0.05) is 6.07 Å². The van der Waals surface area contributed by atoms with Crippen molar-refractivity contribution in [1.29, 1.82) is 0 Å². The molecule has 0 bridgehead atoms. The summed E-state index contributed by atoms with van der Waals surface area (Å²) in [6.45, 7) is -0.842. The Balaban J connectivity index is 3.05. The number of nitro benzene ring substituents is 1. The Morgan fingerprint density at radius 3 is 2.67 bits per heavy atom. The first-order valence-corrected chi connectivity index (χ1v) is 4.77. The third kappa shape index (κ3) is 3.10. The maximum atomic E-state index is 11.9. The van der Waals surface area contributed by atoms with Crippen LogP contribution in [0.2, 0.25) is 0 Å². The summed E-state index contributed by atoms with van der Waals surface area (Å²) in [4.78, 5) is 21.5. The third-order valence-corrected chi connectivity index (χ3v) is 2.05. The highest BCUT2D eigenvalue weighted by Crippen LogP contribution is 2.27. The summed E-state index contributed by atoms with van der Waals surface area (Å²) < 4.78 is 23.9. The largest absolute Gasteiger partial charge is 0.346 e. The van der Waals surface area contributed by atoms with Gasteiger partial charge in [-0.05, 0) is 6.07 Å². The molecule has 0 radical (unpaired) electrons. The number of nitrogens with zero attached hydrogens (tertiary/aromatic N) is 1. The van der Waals surface area contributed by atoms with Crippen molar-refractivity contribution in [2.75, 3.05) is 12.0 Å². The molecule has 0 aromatic heterocycles. The molecule has 18 heavy (non-hydrogen) atoms. The van der Waals surface area contributed by atoms with Crippen molar-refractivity contribution in [2.45, 2.75) is 6.43 Å². The van der Waals surface area contributed by atoms with Crippen LogP contribution in [0, 0.1) is 10.1 Å². The number of amides is 1. The minimum Gasteiger partial charge on any atom is -0.346 e. The molecule has 0 aliphatic rings. The number of alkyl halides is 2. The molecule has 0 aliphatic carbocycles. The molecule has 1 rings (SSSR count). The van der Waals surface area contributed by atoms with E-state index in [0.717, 1.165) is 6.07 Å². The summed E-state index contributed by atoms with van der Waals surface area (Å²) >= 11 is 0. The van der Waals surface area contributed by atoms with Crippen molar-refractivity contribution in [3.05, 3.63) is 33.9 Å². The van der Waals surface area contributed by atoms with Crippen LogP contribution in [-0.2, 0) is 0 Å². The third-order valence-electron chi connectivity index (χ3n) is 2.05. The van der Waals surface area contributed by atoms with E-state index < -0.39 is 29.5 Å². The second-order valence-corrected chi connectivity index (χ2v) is 3.20. The Kier molecular flexibility index (Phi) is 4.49. The molecule has 0 saturated heterocycles. The summed E-state index contributed by atoms with van der Waals surface area (Å²) in [5.41, 5.74) is 1.21. The van der Waals surface area contributed by atoms with Gasteiger partial charge in [0.2, 0.25) is 0 Å². The molecule has 4 N–H and O–H groups in total. The van der Waals surface area contributed by atoms with Crippen molar-refractivity contribution in [2.24, 2.45) is 5.84 Å². The molecule has 0 aliphatic heterocycles. The van der Waals surface area contributed by atoms with Gasteiger partial charge >= 0.3 is 0 Å². The fraction of sp³-hybridized carbons (Fsp3) is 0.222. The number of nitro groups is 1. The highest BCUT2D eigenvalue weighted by Gasteiger charge is 2.21. The van der Waals surface area contributed by atoms with Crippen LogP contribution in [0.15, 0.2) is 18.2 Å². The van der Waals surface area contributed by atoms with Gasteiger partial charge in [-0.15, -0.1) is 0 Å². The number of rotatable bonds is 5. The average Bonchev–Trinajstić information content (AvgIpc) is 2.34. The fourth-order valence-corrected chi connectivity index (χ4v) is 1.30. The van der Waals surface area contributed by atoms with Crippen LogP contribution >= 0.6 is 0 Å². The minimum absolute atomic E-state index is 0.174. The SMILES string of the molecule is NNc1c(C(=O)NCC(F)F)cccc1[N+](=O)[O-]. The first kappa shape index (κ1) is 13.8. The summed E-state index contributed by atoms with van der Waals surface area (Å²) in [5, 5.41) is 12.6. The number of carbonyl (C=O) groups excluding carboxylic acids is 1. The van der Waals surface area contributed by atoms with E-state index in [1.165, 1.54) is 12.1 Å². The van der Waals surface area contributed by atoms with Gasteiger partial charge in [0.15, 0.2) is 0 Å². The first-order chi connectivity index (χ1) is 8.47. The number of halogens is 2. The van der Waals surface area contributed by atoms with Crippen molar-refractivity contribution in [1.82, 2.24) is 5.32 Å². The fourth-order valence-electron chi connectivity index (χ4n) is 1.30. The average molecular weight is 260 g/mol. The number of benzene rings is 1. The number of carbonyl (C=O) groups is 1. The van der Waals surface area contributed by atoms with Crippen molar-refractivity contribution in [3.8, 4) is 0 Å². The lowest BCUT2D eigenvalue weighted by atomic mass is 10.1. The van der Waals surface area contributed by atoms with Crippen LogP contribution in [0.4, 0.5) is 20.2 Å². The smallest absolute Gasteiger partial charge is 0.294 e. The van der Waals surface area contributed by atoms with Gasteiger partial charge in [0.1, 0.15) is 5.69 Å². The Morgan fingerprint density at radius 1 is 1.50 bits per heavy atom. The molecule has 0 unspecified atom stereocenters. The van der Waals surface area contributed by atoms with Crippen molar-refractivity contribution >= 4 is 17.3 Å². The highest BCUT2D eigenvalue weighted by molar-refractivity contribution is 6.01. The summed E-state index contributed by atoms with van der Waals surface area (Å²) in [6, 6.07) is 3.64. The van der Waals surface area contributed by atoms with Crippen LogP contribution in [0.3, 0.4) is 0 Å². The Bertz CT molecular complexity index is 467. The molecule has 1 aromatic carbocycles. The van der Waals surface area contributed by atoms with Gasteiger partial charge < -0.3 is 10.7 Å². The van der Waals surface area contributed by atoms with E-state index in [1.807, 2.05) is 10.7 Å². The maximum absolute atomic E-state index is 11.9. The number of nitrogen functional groups attached to an aromatic ring is 1. The first-order valence-electron chi connectivity index (χ1n) is 4.77. The quantitative estimate of drug-likeness (QED) is 0.413. The lowest BCUT2D eigenvalue weighted by molar-refractivity contribution is -0.384. The van der Waals surface area contributed by atoms with Gasteiger partial charge in [0.05, 0.1) is 17.0 Å². The van der Waals surface area contributed by atoms with E-state index in [9.17, 15) is 23.7 Å². The van der Waals surface area contributed by atoms with E-state index in [-0.39, 0.29) is 11.3 Å². The number of anilines is 1. The molecule has 9 heteroatoms. The number of hydrogen-bond acceptors (Lipinski definition) is 5.